The van der Waals surface area contributed by atoms with Crippen molar-refractivity contribution in [2.24, 2.45) is 0 Å². The van der Waals surface area contributed by atoms with E-state index in [0.717, 1.165) is 9.87 Å². The van der Waals surface area contributed by atoms with E-state index in [1.54, 1.807) is 6.08 Å². The lowest BCUT2D eigenvalue weighted by Crippen LogP contribution is -2.23. The maximum Gasteiger partial charge on any atom is 0.255 e. The zero-order valence-corrected chi connectivity index (χ0v) is 16.0. The van der Waals surface area contributed by atoms with Crippen LogP contribution in [0.5, 0.6) is 11.5 Å². The molecule has 3 rings (SSSR count). The van der Waals surface area contributed by atoms with Crippen LogP contribution in [0.4, 0.5) is 5.69 Å². The Kier molecular flexibility index (Phi) is 5.20. The number of sulfonamides is 1. The van der Waals surface area contributed by atoms with Crippen molar-refractivity contribution >= 4 is 27.7 Å². The molecular weight excluding hydrogens is 368 g/mol. The minimum atomic E-state index is -3.64. The number of anilines is 1. The minimum absolute atomic E-state index is 0.0582. The summed E-state index contributed by atoms with van der Waals surface area (Å²) in [6.07, 6.45) is 1.75. The van der Waals surface area contributed by atoms with E-state index < -0.39 is 10.0 Å². The first-order valence-electron chi connectivity index (χ1n) is 8.17. The largest absolute Gasteiger partial charge is 0.495 e. The molecule has 0 radical (unpaired) electrons. The Morgan fingerprint density at radius 3 is 2.63 bits per heavy atom. The first kappa shape index (κ1) is 18.9. The molecule has 0 atom stereocenters. The molecule has 1 aliphatic rings. The number of para-hydroxylation sites is 1. The van der Waals surface area contributed by atoms with Crippen molar-refractivity contribution in [1.82, 2.24) is 4.31 Å². The average Bonchev–Trinajstić information content (AvgIpc) is 2.67. The maximum absolute atomic E-state index is 12.7. The molecule has 1 amide bonds. The van der Waals surface area contributed by atoms with Crippen LogP contribution in [-0.2, 0) is 14.8 Å². The molecular formula is C19H20N2O5S. The van der Waals surface area contributed by atoms with E-state index in [2.05, 4.69) is 5.32 Å². The van der Waals surface area contributed by atoms with E-state index in [9.17, 15) is 13.2 Å². The number of hydrogen-bond donors (Lipinski definition) is 1. The van der Waals surface area contributed by atoms with Gasteiger partial charge in [0.15, 0.2) is 0 Å². The summed E-state index contributed by atoms with van der Waals surface area (Å²) in [6, 6.07) is 11.7. The van der Waals surface area contributed by atoms with Crippen molar-refractivity contribution in [2.45, 2.75) is 4.90 Å². The van der Waals surface area contributed by atoms with Crippen LogP contribution >= 0.6 is 0 Å². The second-order valence-electron chi connectivity index (χ2n) is 6.10. The molecule has 0 aliphatic carbocycles. The molecule has 8 heteroatoms. The molecule has 27 heavy (non-hydrogen) atoms. The Bertz CT molecular complexity index is 1010. The molecule has 1 heterocycles. The monoisotopic (exact) mass is 388 g/mol. The Balaban J connectivity index is 1.91. The van der Waals surface area contributed by atoms with Gasteiger partial charge in [-0.2, -0.15) is 0 Å². The summed E-state index contributed by atoms with van der Waals surface area (Å²) in [5, 5.41) is 2.72. The molecule has 2 aromatic rings. The number of rotatable bonds is 5. The van der Waals surface area contributed by atoms with Gasteiger partial charge in [0.25, 0.3) is 5.91 Å². The van der Waals surface area contributed by atoms with E-state index in [0.29, 0.717) is 17.1 Å². The summed E-state index contributed by atoms with van der Waals surface area (Å²) in [4.78, 5) is 12.7. The van der Waals surface area contributed by atoms with Gasteiger partial charge in [-0.3, -0.25) is 4.79 Å². The molecule has 0 unspecified atom stereocenters. The van der Waals surface area contributed by atoms with Crippen LogP contribution < -0.4 is 14.8 Å². The van der Waals surface area contributed by atoms with Gasteiger partial charge in [-0.25, -0.2) is 12.7 Å². The van der Waals surface area contributed by atoms with E-state index in [1.807, 2.05) is 24.3 Å². The Morgan fingerprint density at radius 1 is 1.19 bits per heavy atom. The Hall–Kier alpha value is -2.84. The summed E-state index contributed by atoms with van der Waals surface area (Å²) < 4.78 is 36.6. The molecule has 7 nitrogen and oxygen atoms in total. The molecule has 0 spiro atoms. The van der Waals surface area contributed by atoms with Gasteiger partial charge in [0.05, 0.1) is 23.3 Å². The number of benzene rings is 2. The van der Waals surface area contributed by atoms with Gasteiger partial charge >= 0.3 is 0 Å². The van der Waals surface area contributed by atoms with Crippen molar-refractivity contribution in [3.8, 4) is 11.5 Å². The third-order valence-electron chi connectivity index (χ3n) is 4.12. The fourth-order valence-electron chi connectivity index (χ4n) is 2.61. The van der Waals surface area contributed by atoms with Crippen LogP contribution in [0.15, 0.2) is 52.9 Å². The maximum atomic E-state index is 12.7. The summed E-state index contributed by atoms with van der Waals surface area (Å²) in [7, 11) is 0.699. The Labute approximate surface area is 158 Å². The summed E-state index contributed by atoms with van der Waals surface area (Å²) in [6.45, 7) is 0.126. The summed E-state index contributed by atoms with van der Waals surface area (Å²) in [5.74, 6) is 0.687. The molecule has 0 bridgehead atoms. The molecule has 1 aliphatic heterocycles. The Morgan fingerprint density at radius 2 is 1.93 bits per heavy atom. The molecule has 142 valence electrons. The predicted octanol–water partition coefficient (Wildman–Crippen LogP) is 2.36. The van der Waals surface area contributed by atoms with Crippen LogP contribution in [0.1, 0.15) is 5.56 Å². The molecule has 0 fully saturated rings. The highest BCUT2D eigenvalue weighted by Crippen LogP contribution is 2.30. The average molecular weight is 388 g/mol. The normalized spacial score (nSPS) is 13.4. The lowest BCUT2D eigenvalue weighted by Gasteiger charge is -2.19. The van der Waals surface area contributed by atoms with Crippen LogP contribution in [0, 0.1) is 0 Å². The first-order chi connectivity index (χ1) is 12.8. The highest BCUT2D eigenvalue weighted by molar-refractivity contribution is 7.89. The lowest BCUT2D eigenvalue weighted by atomic mass is 10.1. The number of nitrogens with zero attached hydrogens (tertiary/aromatic N) is 1. The number of amides is 1. The second-order valence-corrected chi connectivity index (χ2v) is 8.25. The third kappa shape index (κ3) is 3.81. The minimum Gasteiger partial charge on any atom is -0.495 e. The number of carbonyl (C=O) groups excluding carboxylic acids is 1. The number of nitrogens with one attached hydrogen (secondary N) is 1. The lowest BCUT2D eigenvalue weighted by molar-refractivity contribution is -0.113. The van der Waals surface area contributed by atoms with Crippen LogP contribution in [0.25, 0.3) is 6.08 Å². The smallest absolute Gasteiger partial charge is 0.255 e. The number of methoxy groups -OCH3 is 1. The predicted molar refractivity (Wildman–Crippen MR) is 102 cm³/mol. The molecule has 0 saturated heterocycles. The number of ether oxygens (including phenoxy) is 2. The van der Waals surface area contributed by atoms with Gasteiger partial charge in [0, 0.05) is 19.7 Å². The third-order valence-corrected chi connectivity index (χ3v) is 5.93. The number of carbonyl (C=O) groups is 1. The van der Waals surface area contributed by atoms with Crippen LogP contribution in [0.3, 0.4) is 0 Å². The van der Waals surface area contributed by atoms with Crippen molar-refractivity contribution in [1.29, 1.82) is 0 Å². The van der Waals surface area contributed by atoms with Gasteiger partial charge in [0.2, 0.25) is 10.0 Å². The van der Waals surface area contributed by atoms with Crippen molar-refractivity contribution in [3.05, 3.63) is 53.6 Å². The number of hydrogen-bond acceptors (Lipinski definition) is 5. The highest BCUT2D eigenvalue weighted by Gasteiger charge is 2.22. The van der Waals surface area contributed by atoms with Crippen LogP contribution in [0.2, 0.25) is 0 Å². The first-order valence-corrected chi connectivity index (χ1v) is 9.61. The van der Waals surface area contributed by atoms with Crippen molar-refractivity contribution in [3.63, 3.8) is 0 Å². The zero-order valence-electron chi connectivity index (χ0n) is 15.2. The van der Waals surface area contributed by atoms with Gasteiger partial charge in [-0.15, -0.1) is 0 Å². The standard InChI is InChI=1S/C19H20N2O5S/c1-21(2)27(23,24)15-8-9-18(25-3)16(11-15)20-19(22)14-10-13-6-4-5-7-17(13)26-12-14/h4-11H,12H2,1-3H3,(H,20,22). The van der Waals surface area contributed by atoms with Crippen molar-refractivity contribution in [2.75, 3.05) is 33.1 Å². The fourth-order valence-corrected chi connectivity index (χ4v) is 3.53. The van der Waals surface area contributed by atoms with Crippen molar-refractivity contribution < 1.29 is 22.7 Å². The fraction of sp³-hybridized carbons (Fsp3) is 0.211. The molecule has 1 N–H and O–H groups in total. The quantitative estimate of drug-likeness (QED) is 0.850. The van der Waals surface area contributed by atoms with Gasteiger partial charge in [-0.05, 0) is 30.3 Å². The van der Waals surface area contributed by atoms with E-state index >= 15 is 0 Å². The zero-order chi connectivity index (χ0) is 19.6. The highest BCUT2D eigenvalue weighted by atomic mass is 32.2. The van der Waals surface area contributed by atoms with E-state index in [4.69, 9.17) is 9.47 Å². The summed E-state index contributed by atoms with van der Waals surface area (Å²) >= 11 is 0. The molecule has 0 saturated carbocycles. The molecule has 2 aromatic carbocycles. The van der Waals surface area contributed by atoms with Crippen LogP contribution in [-0.4, -0.2) is 46.4 Å². The van der Waals surface area contributed by atoms with E-state index in [-0.39, 0.29) is 23.1 Å². The SMILES string of the molecule is COc1ccc(S(=O)(=O)N(C)C)cc1NC(=O)C1=Cc2ccccc2OC1. The van der Waals surface area contributed by atoms with Gasteiger partial charge in [-0.1, -0.05) is 18.2 Å². The van der Waals surface area contributed by atoms with Gasteiger partial charge in [0.1, 0.15) is 18.1 Å². The molecule has 0 aromatic heterocycles. The van der Waals surface area contributed by atoms with E-state index in [1.165, 1.54) is 39.4 Å². The topological polar surface area (TPSA) is 84.9 Å². The van der Waals surface area contributed by atoms with Gasteiger partial charge < -0.3 is 14.8 Å². The summed E-state index contributed by atoms with van der Waals surface area (Å²) in [5.41, 5.74) is 1.51. The second kappa shape index (κ2) is 7.42. The number of fused-ring (bicyclic) bond motifs is 1.